The van der Waals surface area contributed by atoms with E-state index < -0.39 is 34.3 Å². The van der Waals surface area contributed by atoms with Crippen LogP contribution in [-0.4, -0.2) is 74.1 Å². The minimum Gasteiger partial charge on any atom is -0.364 e. The molecule has 194 valence electrons. The van der Waals surface area contributed by atoms with Crippen LogP contribution in [0.25, 0.3) is 5.65 Å². The molecule has 3 heterocycles. The number of carbonyl (C=O) groups excluding carboxylic acids is 4. The van der Waals surface area contributed by atoms with Crippen LogP contribution in [0.4, 0.5) is 4.79 Å². The molecular formula is C25H35N6O5+. The van der Waals surface area contributed by atoms with Crippen molar-refractivity contribution in [2.45, 2.75) is 57.4 Å². The van der Waals surface area contributed by atoms with E-state index in [9.17, 15) is 24.4 Å². The first-order valence-electron chi connectivity index (χ1n) is 12.7. The summed E-state index contributed by atoms with van der Waals surface area (Å²) in [4.78, 5) is 55.5. The lowest BCUT2D eigenvalue weighted by Crippen LogP contribution is -2.68. The molecule has 4 rings (SSSR count). The van der Waals surface area contributed by atoms with Crippen molar-refractivity contribution in [3.8, 4) is 0 Å². The number of aromatic nitrogens is 2. The van der Waals surface area contributed by atoms with Crippen LogP contribution >= 0.6 is 0 Å². The van der Waals surface area contributed by atoms with Crippen LogP contribution in [0, 0.1) is 11.8 Å². The van der Waals surface area contributed by atoms with Crippen LogP contribution in [0.3, 0.4) is 0 Å². The molecule has 2 aliphatic rings. The first kappa shape index (κ1) is 25.8. The van der Waals surface area contributed by atoms with Crippen LogP contribution in [0.1, 0.15) is 50.5 Å². The largest absolute Gasteiger partial charge is 0.424 e. The Balaban J connectivity index is 1.54. The van der Waals surface area contributed by atoms with Crippen molar-refractivity contribution in [2.75, 3.05) is 19.6 Å². The zero-order valence-electron chi connectivity index (χ0n) is 20.4. The Labute approximate surface area is 209 Å². The molecule has 0 bridgehead atoms. The van der Waals surface area contributed by atoms with E-state index in [-0.39, 0.29) is 32.0 Å². The third-order valence-corrected chi connectivity index (χ3v) is 7.72. The topological polar surface area (TPSA) is 147 Å². The maximum absolute atomic E-state index is 14.1. The lowest BCUT2D eigenvalue weighted by molar-refractivity contribution is -0.779. The number of carbonyl (C=O) groups is 4. The molecule has 4 N–H and O–H groups in total. The second-order valence-corrected chi connectivity index (χ2v) is 10.0. The fourth-order valence-electron chi connectivity index (χ4n) is 5.94. The first-order chi connectivity index (χ1) is 17.3. The number of pyridine rings is 1. The van der Waals surface area contributed by atoms with Gasteiger partial charge in [0.05, 0.1) is 19.0 Å². The summed E-state index contributed by atoms with van der Waals surface area (Å²) in [6, 6.07) is 2.28. The normalized spacial score (nSPS) is 23.0. The number of hydroxylamine groups is 2. The fraction of sp³-hybridized carbons (Fsp3) is 0.560. The van der Waals surface area contributed by atoms with Gasteiger partial charge in [-0.3, -0.25) is 14.8 Å². The average molecular weight is 500 g/mol. The van der Waals surface area contributed by atoms with Gasteiger partial charge in [0.2, 0.25) is 6.41 Å². The molecule has 1 saturated heterocycles. The Morgan fingerprint density at radius 1 is 1.25 bits per heavy atom. The van der Waals surface area contributed by atoms with Gasteiger partial charge in [0.15, 0.2) is 6.04 Å². The quantitative estimate of drug-likeness (QED) is 0.196. The van der Waals surface area contributed by atoms with E-state index in [0.29, 0.717) is 30.7 Å². The highest BCUT2D eigenvalue weighted by atomic mass is 16.5. The van der Waals surface area contributed by atoms with Gasteiger partial charge in [-0.2, -0.15) is 4.48 Å². The number of urea groups is 1. The molecule has 1 aliphatic heterocycles. The molecule has 2 fully saturated rings. The van der Waals surface area contributed by atoms with Crippen LogP contribution in [0.5, 0.6) is 0 Å². The van der Waals surface area contributed by atoms with Crippen LogP contribution in [-0.2, 0) is 20.8 Å². The molecule has 1 saturated carbocycles. The first-order valence-corrected chi connectivity index (χ1v) is 12.7. The van der Waals surface area contributed by atoms with Crippen molar-refractivity contribution in [1.29, 1.82) is 0 Å². The lowest BCUT2D eigenvalue weighted by Gasteiger charge is -2.36. The van der Waals surface area contributed by atoms with Crippen LogP contribution < -0.4 is 11.1 Å². The van der Waals surface area contributed by atoms with Gasteiger partial charge >= 0.3 is 11.9 Å². The Bertz CT molecular complexity index is 1110. The molecule has 0 spiro atoms. The average Bonchev–Trinajstić information content (AvgIpc) is 3.63. The SMILES string of the molecule is NC(=O)[C@@H]1CCC[N+]1(C(=O)NCCc1ccc2nccn2c1)C(=O)[C@H](CC1CCCC1)CN(O)C=O. The summed E-state index contributed by atoms with van der Waals surface area (Å²) < 4.78 is 1.18. The summed E-state index contributed by atoms with van der Waals surface area (Å²) >= 11 is 0. The van der Waals surface area contributed by atoms with Crippen molar-refractivity contribution < 1.29 is 28.9 Å². The number of rotatable bonds is 10. The number of primary amides is 1. The van der Waals surface area contributed by atoms with Crippen molar-refractivity contribution in [2.24, 2.45) is 17.6 Å². The number of hydrogen-bond acceptors (Lipinski definition) is 6. The summed E-state index contributed by atoms with van der Waals surface area (Å²) in [6.07, 6.45) is 11.6. The zero-order chi connectivity index (χ0) is 25.7. The predicted molar refractivity (Wildman–Crippen MR) is 129 cm³/mol. The second-order valence-electron chi connectivity index (χ2n) is 10.0. The second kappa shape index (κ2) is 11.2. The van der Waals surface area contributed by atoms with Gasteiger partial charge in [-0.05, 0) is 30.4 Å². The summed E-state index contributed by atoms with van der Waals surface area (Å²) in [6.45, 7) is 0.209. The molecule has 3 atom stereocenters. The van der Waals surface area contributed by atoms with Crippen molar-refractivity contribution in [3.05, 3.63) is 36.3 Å². The molecular weight excluding hydrogens is 464 g/mol. The van der Waals surface area contributed by atoms with Crippen LogP contribution in [0.15, 0.2) is 30.7 Å². The highest BCUT2D eigenvalue weighted by Gasteiger charge is 2.58. The van der Waals surface area contributed by atoms with Gasteiger partial charge in [0.1, 0.15) is 5.65 Å². The standard InChI is InChI=1S/C25H34N6O5/c26-23(33)21-6-3-13-31(21,24(34)20(16-30(36)17-32)14-18-4-1-2-5-18)25(35)28-10-9-19-7-8-22-27-11-12-29(22)15-19/h7-8,11-12,15,17-18,20-21,36H,1-6,9-10,13-14,16H2,(H2-,26,28,33,35)/p+1/t20-,21+,31?/m1/s1. The van der Waals surface area contributed by atoms with Gasteiger partial charge in [0, 0.05) is 38.0 Å². The Hall–Kier alpha value is -3.31. The fourth-order valence-corrected chi connectivity index (χ4v) is 5.94. The number of nitrogens with one attached hydrogen (secondary N) is 1. The van der Waals surface area contributed by atoms with Crippen molar-refractivity contribution >= 4 is 29.9 Å². The number of nitrogens with zero attached hydrogens (tertiary/aromatic N) is 4. The Morgan fingerprint density at radius 3 is 2.75 bits per heavy atom. The molecule has 2 aromatic rings. The number of imidazole rings is 1. The minimum absolute atomic E-state index is 0.160. The number of quaternary nitrogens is 1. The lowest BCUT2D eigenvalue weighted by atomic mass is 9.90. The van der Waals surface area contributed by atoms with Gasteiger partial charge in [-0.25, -0.2) is 19.6 Å². The maximum atomic E-state index is 14.1. The summed E-state index contributed by atoms with van der Waals surface area (Å²) in [5.74, 6) is -1.66. The molecule has 1 unspecified atom stereocenters. The highest BCUT2D eigenvalue weighted by molar-refractivity contribution is 5.91. The molecule has 11 nitrogen and oxygen atoms in total. The third kappa shape index (κ3) is 5.26. The molecule has 11 heteroatoms. The van der Waals surface area contributed by atoms with Crippen molar-refractivity contribution in [3.63, 3.8) is 0 Å². The van der Waals surface area contributed by atoms with Gasteiger partial charge in [0.25, 0.3) is 5.91 Å². The number of fused-ring (bicyclic) bond motifs is 1. The van der Waals surface area contributed by atoms with E-state index in [1.54, 1.807) is 6.20 Å². The number of nitrogens with two attached hydrogens (primary N) is 1. The number of imide groups is 1. The van der Waals surface area contributed by atoms with Crippen molar-refractivity contribution in [1.82, 2.24) is 19.8 Å². The van der Waals surface area contributed by atoms with E-state index >= 15 is 0 Å². The zero-order valence-corrected chi connectivity index (χ0v) is 20.4. The van der Waals surface area contributed by atoms with E-state index in [1.807, 2.05) is 28.9 Å². The van der Waals surface area contributed by atoms with Gasteiger partial charge < -0.3 is 15.5 Å². The summed E-state index contributed by atoms with van der Waals surface area (Å²) in [7, 11) is 0. The Kier molecular flexibility index (Phi) is 8.00. The predicted octanol–water partition coefficient (Wildman–Crippen LogP) is 1.62. The molecule has 2 aromatic heterocycles. The van der Waals surface area contributed by atoms with E-state index in [1.165, 1.54) is 0 Å². The van der Waals surface area contributed by atoms with E-state index in [0.717, 1.165) is 36.9 Å². The third-order valence-electron chi connectivity index (χ3n) is 7.72. The molecule has 0 radical (unpaired) electrons. The number of hydrogen-bond donors (Lipinski definition) is 3. The van der Waals surface area contributed by atoms with Gasteiger partial charge in [-0.15, -0.1) is 0 Å². The van der Waals surface area contributed by atoms with E-state index in [4.69, 9.17) is 5.73 Å². The number of amides is 5. The maximum Gasteiger partial charge on any atom is 0.424 e. The number of likely N-dealkylation sites (tertiary alicyclic amines) is 1. The smallest absolute Gasteiger partial charge is 0.364 e. The summed E-state index contributed by atoms with van der Waals surface area (Å²) in [5.41, 5.74) is 7.49. The molecule has 36 heavy (non-hydrogen) atoms. The van der Waals surface area contributed by atoms with Gasteiger partial charge in [-0.1, -0.05) is 31.7 Å². The summed E-state index contributed by atoms with van der Waals surface area (Å²) in [5, 5.41) is 13.2. The monoisotopic (exact) mass is 499 g/mol. The molecule has 0 aromatic carbocycles. The molecule has 1 aliphatic carbocycles. The molecule has 5 amide bonds. The van der Waals surface area contributed by atoms with E-state index in [2.05, 4.69) is 10.3 Å². The highest BCUT2D eigenvalue weighted by Crippen LogP contribution is 2.36. The minimum atomic E-state index is -0.978. The van der Waals surface area contributed by atoms with Crippen LogP contribution in [0.2, 0.25) is 0 Å². The Morgan fingerprint density at radius 2 is 2.03 bits per heavy atom.